The lowest BCUT2D eigenvalue weighted by molar-refractivity contribution is -0.131. The summed E-state index contributed by atoms with van der Waals surface area (Å²) in [5.74, 6) is 0.899. The Kier molecular flexibility index (Phi) is 8.36. The Morgan fingerprint density at radius 1 is 1.12 bits per heavy atom. The van der Waals surface area contributed by atoms with E-state index >= 15 is 0 Å². The van der Waals surface area contributed by atoms with Crippen LogP contribution in [0.2, 0.25) is 0 Å². The quantitative estimate of drug-likeness (QED) is 0.382. The van der Waals surface area contributed by atoms with Crippen LogP contribution in [-0.4, -0.2) is 48.8 Å². The first-order valence-electron chi connectivity index (χ1n) is 12.3. The van der Waals surface area contributed by atoms with E-state index in [1.54, 1.807) is 7.11 Å². The standard InChI is InChI=1S/C28H35N3O3/c1-22-12-9-10-18-31(22)28-25(27(29-34-28)24-15-7-4-8-16-24)21-30(17-11-19-33-2)26(32)20-23-13-5-3-6-14-23/h3-8,13-16,22H,9-12,17-21H2,1-2H3. The molecule has 1 saturated heterocycles. The molecule has 6 heteroatoms. The predicted molar refractivity (Wildman–Crippen MR) is 135 cm³/mol. The Balaban J connectivity index is 1.66. The molecule has 1 amide bonds. The molecule has 1 unspecified atom stereocenters. The summed E-state index contributed by atoms with van der Waals surface area (Å²) in [5, 5.41) is 4.51. The van der Waals surface area contributed by atoms with Gasteiger partial charge >= 0.3 is 0 Å². The van der Waals surface area contributed by atoms with Crippen molar-refractivity contribution < 1.29 is 14.1 Å². The van der Waals surface area contributed by atoms with Gasteiger partial charge in [-0.25, -0.2) is 0 Å². The van der Waals surface area contributed by atoms with Crippen LogP contribution in [0.25, 0.3) is 11.3 Å². The van der Waals surface area contributed by atoms with Crippen molar-refractivity contribution in [2.75, 3.05) is 31.7 Å². The van der Waals surface area contributed by atoms with Gasteiger partial charge in [-0.05, 0) is 38.2 Å². The fraction of sp³-hybridized carbons (Fsp3) is 0.429. The minimum atomic E-state index is 0.0974. The second kappa shape index (κ2) is 11.8. The molecule has 1 fully saturated rings. The lowest BCUT2D eigenvalue weighted by Crippen LogP contribution is -2.39. The predicted octanol–water partition coefficient (Wildman–Crippen LogP) is 5.33. The van der Waals surface area contributed by atoms with Gasteiger partial charge in [-0.1, -0.05) is 65.8 Å². The number of rotatable bonds is 10. The Bertz CT molecular complexity index is 1040. The molecular weight excluding hydrogens is 426 g/mol. The van der Waals surface area contributed by atoms with Crippen LogP contribution in [0.3, 0.4) is 0 Å². The number of ether oxygens (including phenoxy) is 1. The van der Waals surface area contributed by atoms with Crippen LogP contribution in [-0.2, 0) is 22.5 Å². The number of methoxy groups -OCH3 is 1. The molecule has 4 rings (SSSR count). The second-order valence-corrected chi connectivity index (χ2v) is 9.04. The molecule has 0 bridgehead atoms. The summed E-state index contributed by atoms with van der Waals surface area (Å²) in [6.07, 6.45) is 4.64. The van der Waals surface area contributed by atoms with Gasteiger partial charge in [0.1, 0.15) is 5.69 Å². The summed E-state index contributed by atoms with van der Waals surface area (Å²) in [5.41, 5.74) is 3.82. The van der Waals surface area contributed by atoms with Crippen molar-refractivity contribution in [3.8, 4) is 11.3 Å². The third kappa shape index (κ3) is 5.86. The van der Waals surface area contributed by atoms with E-state index in [4.69, 9.17) is 9.26 Å². The maximum atomic E-state index is 13.5. The molecule has 34 heavy (non-hydrogen) atoms. The molecule has 0 N–H and O–H groups in total. The highest BCUT2D eigenvalue weighted by Crippen LogP contribution is 2.35. The van der Waals surface area contributed by atoms with Gasteiger partial charge in [0.25, 0.3) is 0 Å². The lowest BCUT2D eigenvalue weighted by Gasteiger charge is -2.34. The van der Waals surface area contributed by atoms with Crippen LogP contribution >= 0.6 is 0 Å². The average molecular weight is 462 g/mol. The molecule has 1 atom stereocenters. The third-order valence-corrected chi connectivity index (χ3v) is 6.55. The van der Waals surface area contributed by atoms with Crippen molar-refractivity contribution in [2.24, 2.45) is 0 Å². The second-order valence-electron chi connectivity index (χ2n) is 9.04. The lowest BCUT2D eigenvalue weighted by atomic mass is 10.0. The van der Waals surface area contributed by atoms with Gasteiger partial charge in [0.2, 0.25) is 11.8 Å². The van der Waals surface area contributed by atoms with Gasteiger partial charge in [-0.15, -0.1) is 0 Å². The van der Waals surface area contributed by atoms with E-state index < -0.39 is 0 Å². The van der Waals surface area contributed by atoms with Crippen LogP contribution in [0, 0.1) is 0 Å². The highest BCUT2D eigenvalue weighted by atomic mass is 16.5. The van der Waals surface area contributed by atoms with E-state index in [1.807, 2.05) is 65.6 Å². The fourth-order valence-electron chi connectivity index (χ4n) is 4.66. The minimum Gasteiger partial charge on any atom is -0.385 e. The highest BCUT2D eigenvalue weighted by molar-refractivity contribution is 5.79. The van der Waals surface area contributed by atoms with Crippen molar-refractivity contribution in [3.63, 3.8) is 0 Å². The topological polar surface area (TPSA) is 58.8 Å². The molecule has 1 aliphatic heterocycles. The zero-order chi connectivity index (χ0) is 23.8. The van der Waals surface area contributed by atoms with E-state index in [9.17, 15) is 4.79 Å². The summed E-state index contributed by atoms with van der Waals surface area (Å²) in [6.45, 7) is 4.87. The molecule has 6 nitrogen and oxygen atoms in total. The molecule has 0 spiro atoms. The SMILES string of the molecule is COCCCN(Cc1c(-c2ccccc2)noc1N1CCCCC1C)C(=O)Cc1ccccc1. The largest absolute Gasteiger partial charge is 0.385 e. The first-order chi connectivity index (χ1) is 16.7. The van der Waals surface area contributed by atoms with Gasteiger partial charge in [0, 0.05) is 38.4 Å². The Morgan fingerprint density at radius 2 is 1.85 bits per heavy atom. The van der Waals surface area contributed by atoms with Gasteiger partial charge in [-0.2, -0.15) is 0 Å². The Morgan fingerprint density at radius 3 is 2.56 bits per heavy atom. The van der Waals surface area contributed by atoms with Crippen LogP contribution in [0.1, 0.15) is 43.7 Å². The van der Waals surface area contributed by atoms with Gasteiger partial charge in [0.05, 0.1) is 18.5 Å². The molecule has 180 valence electrons. The van der Waals surface area contributed by atoms with Crippen LogP contribution in [0.4, 0.5) is 5.88 Å². The summed E-state index contributed by atoms with van der Waals surface area (Å²) in [7, 11) is 1.69. The van der Waals surface area contributed by atoms with Crippen LogP contribution in [0.5, 0.6) is 0 Å². The molecule has 3 aromatic rings. The minimum absolute atomic E-state index is 0.0974. The summed E-state index contributed by atoms with van der Waals surface area (Å²) >= 11 is 0. The van der Waals surface area contributed by atoms with Crippen LogP contribution < -0.4 is 4.90 Å². The number of hydrogen-bond donors (Lipinski definition) is 0. The number of amides is 1. The van der Waals surface area contributed by atoms with Crippen LogP contribution in [0.15, 0.2) is 65.2 Å². The number of anilines is 1. The van der Waals surface area contributed by atoms with Crippen molar-refractivity contribution in [3.05, 3.63) is 71.8 Å². The number of carbonyl (C=O) groups is 1. The molecule has 0 radical (unpaired) electrons. The normalized spacial score (nSPS) is 15.9. The van der Waals surface area contributed by atoms with E-state index in [-0.39, 0.29) is 5.91 Å². The first kappa shape index (κ1) is 24.0. The van der Waals surface area contributed by atoms with Gasteiger partial charge < -0.3 is 19.1 Å². The molecule has 2 aromatic carbocycles. The van der Waals surface area contributed by atoms with E-state index in [0.29, 0.717) is 32.2 Å². The molecule has 2 heterocycles. The Hall–Kier alpha value is -3.12. The number of hydrogen-bond acceptors (Lipinski definition) is 5. The zero-order valence-electron chi connectivity index (χ0n) is 20.3. The van der Waals surface area contributed by atoms with Crippen molar-refractivity contribution >= 4 is 11.8 Å². The number of carbonyl (C=O) groups excluding carboxylic acids is 1. The smallest absolute Gasteiger partial charge is 0.233 e. The summed E-state index contributed by atoms with van der Waals surface area (Å²) in [6, 6.07) is 20.4. The average Bonchev–Trinajstić information content (AvgIpc) is 3.28. The molecule has 0 aliphatic carbocycles. The zero-order valence-corrected chi connectivity index (χ0v) is 20.3. The van der Waals surface area contributed by atoms with E-state index in [0.717, 1.165) is 54.1 Å². The summed E-state index contributed by atoms with van der Waals surface area (Å²) < 4.78 is 11.3. The third-order valence-electron chi connectivity index (χ3n) is 6.55. The highest BCUT2D eigenvalue weighted by Gasteiger charge is 2.29. The Labute approximate surface area is 202 Å². The van der Waals surface area contributed by atoms with Gasteiger partial charge in [0.15, 0.2) is 0 Å². The van der Waals surface area contributed by atoms with E-state index in [1.165, 1.54) is 6.42 Å². The maximum Gasteiger partial charge on any atom is 0.233 e. The summed E-state index contributed by atoms with van der Waals surface area (Å²) in [4.78, 5) is 17.7. The fourth-order valence-corrected chi connectivity index (χ4v) is 4.66. The number of nitrogens with zero attached hydrogens (tertiary/aromatic N) is 3. The molecule has 0 saturated carbocycles. The molecular formula is C28H35N3O3. The molecule has 1 aliphatic rings. The van der Waals surface area contributed by atoms with Crippen molar-refractivity contribution in [1.29, 1.82) is 0 Å². The van der Waals surface area contributed by atoms with Crippen molar-refractivity contribution in [1.82, 2.24) is 10.1 Å². The number of benzene rings is 2. The van der Waals surface area contributed by atoms with Crippen molar-refractivity contribution in [2.45, 2.75) is 51.6 Å². The number of aromatic nitrogens is 1. The monoisotopic (exact) mass is 461 g/mol. The first-order valence-corrected chi connectivity index (χ1v) is 12.3. The van der Waals surface area contributed by atoms with Gasteiger partial charge in [-0.3, -0.25) is 4.79 Å². The number of piperidine rings is 1. The maximum absolute atomic E-state index is 13.5. The molecule has 1 aromatic heterocycles. The van der Waals surface area contributed by atoms with E-state index in [2.05, 4.69) is 17.0 Å².